The first kappa shape index (κ1) is 21.9. The lowest BCUT2D eigenvalue weighted by Gasteiger charge is -2.19. The maximum Gasteiger partial charge on any atom is 0.307 e. The molecule has 0 heterocycles. The van der Waals surface area contributed by atoms with Gasteiger partial charge < -0.3 is 10.1 Å². The predicted molar refractivity (Wildman–Crippen MR) is 109 cm³/mol. The van der Waals surface area contributed by atoms with Crippen LogP contribution < -0.4 is 5.32 Å². The summed E-state index contributed by atoms with van der Waals surface area (Å²) in [6.07, 6.45) is -1.06. The van der Waals surface area contributed by atoms with Crippen molar-refractivity contribution in [2.24, 2.45) is 0 Å². The van der Waals surface area contributed by atoms with Crippen LogP contribution in [-0.2, 0) is 14.3 Å². The van der Waals surface area contributed by atoms with Gasteiger partial charge >= 0.3 is 5.97 Å². The van der Waals surface area contributed by atoms with Crippen molar-refractivity contribution in [3.05, 3.63) is 69.7 Å². The fourth-order valence-electron chi connectivity index (χ4n) is 2.55. The highest BCUT2D eigenvalue weighted by Gasteiger charge is 2.21. The van der Waals surface area contributed by atoms with E-state index in [1.54, 1.807) is 49.4 Å². The molecule has 1 N–H and O–H groups in total. The Balaban J connectivity index is 1.82. The van der Waals surface area contributed by atoms with Crippen LogP contribution >= 0.6 is 23.2 Å². The Bertz CT molecular complexity index is 855. The maximum atomic E-state index is 12.3. The first-order valence-electron chi connectivity index (χ1n) is 8.81. The Labute approximate surface area is 174 Å². The fraction of sp³-hybridized carbons (Fsp3) is 0.286. The van der Waals surface area contributed by atoms with E-state index >= 15 is 0 Å². The lowest BCUT2D eigenvalue weighted by molar-refractivity contribution is -0.155. The average molecular weight is 422 g/mol. The van der Waals surface area contributed by atoms with Gasteiger partial charge in [-0.05, 0) is 31.5 Å². The molecule has 0 saturated carbocycles. The molecular weight excluding hydrogens is 401 g/mol. The smallest absolute Gasteiger partial charge is 0.307 e. The third-order valence-electron chi connectivity index (χ3n) is 4.12. The minimum absolute atomic E-state index is 0.0218. The van der Waals surface area contributed by atoms with Crippen LogP contribution in [0.3, 0.4) is 0 Å². The van der Waals surface area contributed by atoms with E-state index in [9.17, 15) is 14.4 Å². The monoisotopic (exact) mass is 421 g/mol. The van der Waals surface area contributed by atoms with Gasteiger partial charge in [0.1, 0.15) is 0 Å². The third kappa shape index (κ3) is 6.36. The largest absolute Gasteiger partial charge is 0.453 e. The first-order valence-corrected chi connectivity index (χ1v) is 9.56. The quantitative estimate of drug-likeness (QED) is 0.492. The van der Waals surface area contributed by atoms with Gasteiger partial charge in [-0.1, -0.05) is 59.6 Å². The summed E-state index contributed by atoms with van der Waals surface area (Å²) in [6.45, 7) is 3.24. The second-order valence-electron chi connectivity index (χ2n) is 6.32. The number of hydrogen-bond donors (Lipinski definition) is 1. The van der Waals surface area contributed by atoms with Crippen molar-refractivity contribution in [2.45, 2.75) is 38.8 Å². The number of benzene rings is 2. The molecule has 5 nitrogen and oxygen atoms in total. The topological polar surface area (TPSA) is 72.5 Å². The number of ether oxygens (including phenoxy) is 1. The van der Waals surface area contributed by atoms with E-state index in [0.717, 1.165) is 0 Å². The van der Waals surface area contributed by atoms with Gasteiger partial charge in [-0.3, -0.25) is 14.4 Å². The highest BCUT2D eigenvalue weighted by Crippen LogP contribution is 2.26. The van der Waals surface area contributed by atoms with Crippen LogP contribution in [0.4, 0.5) is 0 Å². The molecule has 2 atom stereocenters. The molecule has 0 aliphatic carbocycles. The maximum absolute atomic E-state index is 12.3. The summed E-state index contributed by atoms with van der Waals surface area (Å²) in [5, 5.41) is 3.68. The molecule has 2 unspecified atom stereocenters. The van der Waals surface area contributed by atoms with Crippen LogP contribution in [0.5, 0.6) is 0 Å². The minimum Gasteiger partial charge on any atom is -0.453 e. The van der Waals surface area contributed by atoms with Gasteiger partial charge in [0, 0.05) is 22.0 Å². The molecule has 7 heteroatoms. The number of esters is 1. The minimum atomic E-state index is -0.993. The molecule has 0 bridgehead atoms. The molecule has 2 aromatic carbocycles. The van der Waals surface area contributed by atoms with Crippen LogP contribution in [0, 0.1) is 0 Å². The van der Waals surface area contributed by atoms with Crippen LogP contribution in [0.1, 0.15) is 48.7 Å². The Morgan fingerprint density at radius 2 is 1.68 bits per heavy atom. The highest BCUT2D eigenvalue weighted by atomic mass is 35.5. The molecular formula is C21H21Cl2NO4. The number of hydrogen-bond acceptors (Lipinski definition) is 4. The molecule has 0 aliphatic rings. The van der Waals surface area contributed by atoms with Gasteiger partial charge in [0.05, 0.1) is 12.5 Å². The number of amides is 1. The second kappa shape index (κ2) is 10.2. The van der Waals surface area contributed by atoms with E-state index in [0.29, 0.717) is 21.2 Å². The van der Waals surface area contributed by atoms with Crippen molar-refractivity contribution in [3.8, 4) is 0 Å². The molecule has 0 aromatic heterocycles. The Morgan fingerprint density at radius 1 is 1.00 bits per heavy atom. The zero-order valence-electron chi connectivity index (χ0n) is 15.6. The van der Waals surface area contributed by atoms with Gasteiger partial charge in [0.25, 0.3) is 5.91 Å². The summed E-state index contributed by atoms with van der Waals surface area (Å²) in [5.41, 5.74) is 1.24. The Hall–Kier alpha value is -2.37. The zero-order chi connectivity index (χ0) is 20.7. The van der Waals surface area contributed by atoms with Crippen molar-refractivity contribution in [3.63, 3.8) is 0 Å². The van der Waals surface area contributed by atoms with E-state index in [-0.39, 0.29) is 18.6 Å². The number of Topliss-reactive ketones (excluding diaryl/α,β-unsaturated/α-hetero) is 1. The molecule has 2 rings (SSSR count). The molecule has 0 saturated heterocycles. The molecule has 0 spiro atoms. The van der Waals surface area contributed by atoms with Gasteiger partial charge in [0.15, 0.2) is 11.9 Å². The summed E-state index contributed by atoms with van der Waals surface area (Å²) in [5.74, 6) is -1.22. The second-order valence-corrected chi connectivity index (χ2v) is 7.16. The molecule has 28 heavy (non-hydrogen) atoms. The van der Waals surface area contributed by atoms with Crippen LogP contribution in [-0.4, -0.2) is 23.8 Å². The number of rotatable bonds is 8. The molecule has 148 valence electrons. The normalized spacial score (nSPS) is 12.7. The van der Waals surface area contributed by atoms with Gasteiger partial charge in [-0.15, -0.1) is 0 Å². The van der Waals surface area contributed by atoms with Crippen molar-refractivity contribution in [1.29, 1.82) is 0 Å². The zero-order valence-corrected chi connectivity index (χ0v) is 17.1. The number of nitrogens with one attached hydrogen (secondary N) is 1. The summed E-state index contributed by atoms with van der Waals surface area (Å²) in [7, 11) is 0. The summed E-state index contributed by atoms with van der Waals surface area (Å²) in [4.78, 5) is 36.2. The van der Waals surface area contributed by atoms with E-state index < -0.39 is 24.0 Å². The van der Waals surface area contributed by atoms with Gasteiger partial charge in [-0.2, -0.15) is 0 Å². The molecule has 0 aliphatic heterocycles. The average Bonchev–Trinajstić information content (AvgIpc) is 2.66. The highest BCUT2D eigenvalue weighted by molar-refractivity contribution is 6.35. The molecule has 0 radical (unpaired) electrons. The number of halogens is 2. The molecule has 2 aromatic rings. The summed E-state index contributed by atoms with van der Waals surface area (Å²) in [6, 6.07) is 13.3. The van der Waals surface area contributed by atoms with Crippen molar-refractivity contribution >= 4 is 40.9 Å². The predicted octanol–water partition coefficient (Wildman–Crippen LogP) is 4.77. The van der Waals surface area contributed by atoms with E-state index in [2.05, 4.69) is 5.32 Å². The van der Waals surface area contributed by atoms with E-state index in [1.807, 2.05) is 6.07 Å². The van der Waals surface area contributed by atoms with Gasteiger partial charge in [-0.25, -0.2) is 0 Å². The first-order chi connectivity index (χ1) is 13.3. The van der Waals surface area contributed by atoms with E-state index in [1.165, 1.54) is 6.92 Å². The number of ketones is 1. The number of carbonyl (C=O) groups is 3. The molecule has 0 fully saturated rings. The third-order valence-corrected chi connectivity index (χ3v) is 4.68. The fourth-order valence-corrected chi connectivity index (χ4v) is 3.13. The SMILES string of the molecule is CC(OC(=O)CCC(=O)c1ccccc1)C(=O)NC(C)c1ccc(Cl)cc1Cl. The lowest BCUT2D eigenvalue weighted by atomic mass is 10.1. The lowest BCUT2D eigenvalue weighted by Crippen LogP contribution is -2.37. The van der Waals surface area contributed by atoms with Crippen LogP contribution in [0.15, 0.2) is 48.5 Å². The Kier molecular flexibility index (Phi) is 8.03. The molecule has 1 amide bonds. The van der Waals surface area contributed by atoms with Crippen LogP contribution in [0.25, 0.3) is 0 Å². The van der Waals surface area contributed by atoms with Crippen molar-refractivity contribution in [2.75, 3.05) is 0 Å². The standard InChI is InChI=1S/C21H21Cl2NO4/c1-13(17-9-8-16(22)12-18(17)23)24-21(27)14(2)28-20(26)11-10-19(25)15-6-4-3-5-7-15/h3-9,12-14H,10-11H2,1-2H3,(H,24,27). The van der Waals surface area contributed by atoms with Crippen molar-refractivity contribution < 1.29 is 19.1 Å². The Morgan fingerprint density at radius 3 is 2.32 bits per heavy atom. The number of carbonyl (C=O) groups excluding carboxylic acids is 3. The van der Waals surface area contributed by atoms with E-state index in [4.69, 9.17) is 27.9 Å². The summed E-state index contributed by atoms with van der Waals surface area (Å²) < 4.78 is 5.13. The van der Waals surface area contributed by atoms with Crippen molar-refractivity contribution in [1.82, 2.24) is 5.32 Å². The van der Waals surface area contributed by atoms with Crippen LogP contribution in [0.2, 0.25) is 10.0 Å². The van der Waals surface area contributed by atoms with Gasteiger partial charge in [0.2, 0.25) is 0 Å². The summed E-state index contributed by atoms with van der Waals surface area (Å²) >= 11 is 12.0.